The van der Waals surface area contributed by atoms with Crippen LogP contribution in [-0.4, -0.2) is 51.9 Å². The average molecular weight is 502 g/mol. The summed E-state index contributed by atoms with van der Waals surface area (Å²) >= 11 is 1.29. The zero-order valence-corrected chi connectivity index (χ0v) is 20.6. The van der Waals surface area contributed by atoms with Crippen LogP contribution in [0.4, 0.5) is 5.13 Å². The van der Waals surface area contributed by atoms with Crippen LogP contribution in [0, 0.1) is 0 Å². The summed E-state index contributed by atoms with van der Waals surface area (Å²) in [4.78, 5) is 19.8. The lowest BCUT2D eigenvalue weighted by atomic mass is 10.2. The summed E-state index contributed by atoms with van der Waals surface area (Å²) in [5.41, 5.74) is 0.883. The first-order chi connectivity index (χ1) is 16.3. The topological polar surface area (TPSA) is 102 Å². The molecule has 2 aromatic heterocycles. The molecule has 0 aliphatic heterocycles. The molecule has 4 rings (SSSR count). The third-order valence-electron chi connectivity index (χ3n) is 5.15. The number of sulfonamides is 1. The van der Waals surface area contributed by atoms with Gasteiger partial charge in [0.15, 0.2) is 5.13 Å². The monoisotopic (exact) mass is 501 g/mol. The number of ether oxygens (including phenoxy) is 2. The molecule has 1 amide bonds. The molecule has 0 bridgehead atoms. The van der Waals surface area contributed by atoms with Gasteiger partial charge in [-0.3, -0.25) is 9.69 Å². The number of aromatic nitrogens is 1. The van der Waals surface area contributed by atoms with Crippen LogP contribution in [0.5, 0.6) is 11.5 Å². The lowest BCUT2D eigenvalue weighted by Crippen LogP contribution is -2.30. The first-order valence-corrected chi connectivity index (χ1v) is 12.4. The van der Waals surface area contributed by atoms with Gasteiger partial charge in [0.25, 0.3) is 5.91 Å². The van der Waals surface area contributed by atoms with Crippen LogP contribution < -0.4 is 14.4 Å². The van der Waals surface area contributed by atoms with Crippen LogP contribution >= 0.6 is 11.3 Å². The third kappa shape index (κ3) is 4.37. The molecule has 0 aliphatic carbocycles. The van der Waals surface area contributed by atoms with Crippen molar-refractivity contribution in [3.8, 4) is 11.5 Å². The van der Waals surface area contributed by atoms with Crippen molar-refractivity contribution in [3.63, 3.8) is 0 Å². The quantitative estimate of drug-likeness (QED) is 0.360. The Hall–Kier alpha value is -3.41. The Morgan fingerprint density at radius 3 is 2.29 bits per heavy atom. The Balaban J connectivity index is 1.77. The molecule has 0 spiro atoms. The van der Waals surface area contributed by atoms with Gasteiger partial charge in [-0.1, -0.05) is 11.3 Å². The molecule has 34 heavy (non-hydrogen) atoms. The zero-order chi connectivity index (χ0) is 24.5. The summed E-state index contributed by atoms with van der Waals surface area (Å²) in [6.07, 6.45) is 1.53. The minimum absolute atomic E-state index is 0.0982. The molecule has 11 heteroatoms. The number of methoxy groups -OCH3 is 2. The number of furan rings is 1. The molecule has 4 aromatic rings. The van der Waals surface area contributed by atoms with Gasteiger partial charge < -0.3 is 13.9 Å². The van der Waals surface area contributed by atoms with Crippen molar-refractivity contribution in [2.75, 3.05) is 33.2 Å². The van der Waals surface area contributed by atoms with E-state index in [9.17, 15) is 13.2 Å². The van der Waals surface area contributed by atoms with Crippen LogP contribution in [0.1, 0.15) is 16.1 Å². The van der Waals surface area contributed by atoms with Crippen LogP contribution in [-0.2, 0) is 16.6 Å². The largest absolute Gasteiger partial charge is 0.495 e. The molecule has 2 aromatic carbocycles. The van der Waals surface area contributed by atoms with E-state index in [4.69, 9.17) is 13.9 Å². The highest BCUT2D eigenvalue weighted by molar-refractivity contribution is 7.89. The summed E-state index contributed by atoms with van der Waals surface area (Å²) < 4.78 is 43.0. The minimum Gasteiger partial charge on any atom is -0.495 e. The molecular formula is C23H23N3O6S2. The van der Waals surface area contributed by atoms with E-state index in [2.05, 4.69) is 4.98 Å². The van der Waals surface area contributed by atoms with Crippen LogP contribution in [0.3, 0.4) is 0 Å². The summed E-state index contributed by atoms with van der Waals surface area (Å²) in [6.45, 7) is 0.133. The highest BCUT2D eigenvalue weighted by Gasteiger charge is 2.26. The molecule has 9 nitrogen and oxygen atoms in total. The number of benzene rings is 2. The lowest BCUT2D eigenvalue weighted by molar-refractivity contribution is 0.0983. The van der Waals surface area contributed by atoms with Gasteiger partial charge >= 0.3 is 0 Å². The van der Waals surface area contributed by atoms with Crippen LogP contribution in [0.2, 0.25) is 0 Å². The Morgan fingerprint density at radius 2 is 1.71 bits per heavy atom. The van der Waals surface area contributed by atoms with Gasteiger partial charge in [0.1, 0.15) is 27.5 Å². The van der Waals surface area contributed by atoms with Crippen molar-refractivity contribution in [2.45, 2.75) is 11.4 Å². The molecule has 0 unspecified atom stereocenters. The molecule has 0 N–H and O–H groups in total. The molecular weight excluding hydrogens is 478 g/mol. The second kappa shape index (κ2) is 9.45. The lowest BCUT2D eigenvalue weighted by Gasteiger charge is -2.19. The zero-order valence-electron chi connectivity index (χ0n) is 19.0. The molecule has 2 heterocycles. The molecule has 0 atom stereocenters. The number of hydrogen-bond acceptors (Lipinski definition) is 8. The maximum Gasteiger partial charge on any atom is 0.260 e. The van der Waals surface area contributed by atoms with Crippen LogP contribution in [0.15, 0.2) is 64.1 Å². The molecule has 0 fully saturated rings. The van der Waals surface area contributed by atoms with E-state index in [1.807, 2.05) is 0 Å². The standard InChI is InChI=1S/C23H23N3O6S2/c1-25(2)34(28,29)17-9-7-15(8-10-17)22(27)26(14-16-6-5-13-32-16)23-24-20-18(30-3)11-12-19(31-4)21(20)33-23/h5-13H,14H2,1-4H3. The highest BCUT2D eigenvalue weighted by atomic mass is 32.2. The number of anilines is 1. The SMILES string of the molecule is COc1ccc(OC)c2sc(N(Cc3ccco3)C(=O)c3ccc(S(=O)(=O)N(C)C)cc3)nc12. The van der Waals surface area contributed by atoms with Gasteiger partial charge in [0.2, 0.25) is 10.0 Å². The fourth-order valence-corrected chi connectivity index (χ4v) is 5.28. The number of fused-ring (bicyclic) bond motifs is 1. The molecule has 0 saturated heterocycles. The smallest absolute Gasteiger partial charge is 0.260 e. The van der Waals surface area contributed by atoms with E-state index in [-0.39, 0.29) is 17.3 Å². The predicted octanol–water partition coefficient (Wildman–Crippen LogP) is 4.00. The molecule has 0 radical (unpaired) electrons. The highest BCUT2D eigenvalue weighted by Crippen LogP contribution is 2.40. The van der Waals surface area contributed by atoms with Gasteiger partial charge in [-0.15, -0.1) is 0 Å². The maximum absolute atomic E-state index is 13.6. The predicted molar refractivity (Wildman–Crippen MR) is 129 cm³/mol. The summed E-state index contributed by atoms with van der Waals surface area (Å²) in [6, 6.07) is 12.9. The number of amides is 1. The van der Waals surface area contributed by atoms with E-state index in [1.165, 1.54) is 60.9 Å². The third-order valence-corrected chi connectivity index (χ3v) is 8.07. The van der Waals surface area contributed by atoms with Gasteiger partial charge in [0, 0.05) is 19.7 Å². The van der Waals surface area contributed by atoms with Crippen molar-refractivity contribution >= 4 is 42.6 Å². The second-order valence-corrected chi connectivity index (χ2v) is 10.6. The van der Waals surface area contributed by atoms with Crippen LogP contribution in [0.25, 0.3) is 10.2 Å². The summed E-state index contributed by atoms with van der Waals surface area (Å²) in [5, 5.41) is 0.421. The van der Waals surface area contributed by atoms with Crippen molar-refractivity contribution in [3.05, 3.63) is 66.1 Å². The Kier molecular flexibility index (Phi) is 6.60. The summed E-state index contributed by atoms with van der Waals surface area (Å²) in [7, 11) is 2.41. The number of carbonyl (C=O) groups is 1. The Morgan fingerprint density at radius 1 is 1.03 bits per heavy atom. The fraction of sp³-hybridized carbons (Fsp3) is 0.217. The van der Waals surface area contributed by atoms with Crippen molar-refractivity contribution in [2.24, 2.45) is 0 Å². The van der Waals surface area contributed by atoms with Crippen molar-refractivity contribution < 1.29 is 27.1 Å². The molecule has 0 aliphatic rings. The minimum atomic E-state index is -3.61. The van der Waals surface area contributed by atoms with Gasteiger partial charge in [-0.25, -0.2) is 17.7 Å². The van der Waals surface area contributed by atoms with Crippen molar-refractivity contribution in [1.29, 1.82) is 0 Å². The summed E-state index contributed by atoms with van der Waals surface area (Å²) in [5.74, 6) is 1.38. The van der Waals surface area contributed by atoms with E-state index >= 15 is 0 Å². The maximum atomic E-state index is 13.6. The number of rotatable bonds is 8. The van der Waals surface area contributed by atoms with E-state index in [0.717, 1.165) is 9.01 Å². The first kappa shape index (κ1) is 23.7. The molecule has 178 valence electrons. The van der Waals surface area contributed by atoms with Crippen molar-refractivity contribution in [1.82, 2.24) is 9.29 Å². The van der Waals surface area contributed by atoms with E-state index in [1.54, 1.807) is 38.5 Å². The van der Waals surface area contributed by atoms with E-state index < -0.39 is 10.0 Å². The number of hydrogen-bond donors (Lipinski definition) is 0. The number of carbonyl (C=O) groups excluding carboxylic acids is 1. The Bertz CT molecular complexity index is 1370. The number of thiazole rings is 1. The first-order valence-electron chi connectivity index (χ1n) is 10.1. The normalized spacial score (nSPS) is 11.7. The average Bonchev–Trinajstić information content (AvgIpc) is 3.51. The van der Waals surface area contributed by atoms with Gasteiger partial charge in [-0.05, 0) is 48.5 Å². The second-order valence-electron chi connectivity index (χ2n) is 7.43. The van der Waals surface area contributed by atoms with Gasteiger partial charge in [-0.2, -0.15) is 0 Å². The molecule has 0 saturated carbocycles. The Labute approximate surface area is 201 Å². The van der Waals surface area contributed by atoms with Gasteiger partial charge in [0.05, 0.1) is 31.9 Å². The number of nitrogens with zero attached hydrogens (tertiary/aromatic N) is 3. The van der Waals surface area contributed by atoms with E-state index in [0.29, 0.717) is 33.5 Å². The fourth-order valence-electron chi connectivity index (χ4n) is 3.31.